The number of benzene rings is 2. The molecule has 2 amide bonds. The van der Waals surface area contributed by atoms with Crippen molar-refractivity contribution < 1.29 is 31.2 Å². The van der Waals surface area contributed by atoms with Gasteiger partial charge in [0.05, 0.1) is 17.5 Å². The number of amides is 2. The van der Waals surface area contributed by atoms with Crippen LogP contribution in [0.2, 0.25) is 0 Å². The molecule has 39 heavy (non-hydrogen) atoms. The fourth-order valence-electron chi connectivity index (χ4n) is 4.82. The molecule has 1 aliphatic rings. The van der Waals surface area contributed by atoms with Gasteiger partial charge in [-0.25, -0.2) is 8.42 Å². The zero-order chi connectivity index (χ0) is 28.8. The summed E-state index contributed by atoms with van der Waals surface area (Å²) in [5, 5.41) is 3.03. The lowest BCUT2D eigenvalue weighted by molar-refractivity contribution is -0.141. The summed E-state index contributed by atoms with van der Waals surface area (Å²) in [5.74, 6) is -0.590. The van der Waals surface area contributed by atoms with Gasteiger partial charge in [-0.2, -0.15) is 13.2 Å². The molecule has 0 saturated heterocycles. The molecule has 3 rings (SSSR count). The van der Waals surface area contributed by atoms with Crippen LogP contribution in [0.1, 0.15) is 62.1 Å². The molecule has 0 radical (unpaired) electrons. The number of hydrogen-bond donors (Lipinski definition) is 1. The van der Waals surface area contributed by atoms with Crippen molar-refractivity contribution in [3.63, 3.8) is 0 Å². The maximum absolute atomic E-state index is 13.4. The van der Waals surface area contributed by atoms with Crippen LogP contribution in [-0.2, 0) is 32.3 Å². The number of sulfonamides is 1. The second-order valence-electron chi connectivity index (χ2n) is 10.2. The Morgan fingerprint density at radius 3 is 2.36 bits per heavy atom. The first-order valence-corrected chi connectivity index (χ1v) is 14.9. The number of hydrogen-bond acceptors (Lipinski definition) is 4. The summed E-state index contributed by atoms with van der Waals surface area (Å²) in [6, 6.07) is 11.0. The number of aryl methyl sites for hydroxylation is 1. The standard InChI is InChI=1S/C28H36F3N3O4S/c1-20-9-6-10-22(17-20)19-33(21(2)27(36)32-24-12-4-5-13-24)26(35)15-8-16-34(39(3,37)38)25-14-7-11-23(18-25)28(29,30)31/h6-7,9-11,14,17-18,21,24H,4-5,8,12-13,15-16,19H2,1-3H3,(H,32,36). The normalized spacial score (nSPS) is 15.1. The van der Waals surface area contributed by atoms with Gasteiger partial charge in [-0.15, -0.1) is 0 Å². The summed E-state index contributed by atoms with van der Waals surface area (Å²) in [5.41, 5.74) is 0.773. The second kappa shape index (κ2) is 12.8. The number of nitrogens with zero attached hydrogens (tertiary/aromatic N) is 2. The van der Waals surface area contributed by atoms with Gasteiger partial charge >= 0.3 is 6.18 Å². The number of rotatable bonds is 11. The van der Waals surface area contributed by atoms with Crippen LogP contribution in [0, 0.1) is 6.92 Å². The molecule has 0 heterocycles. The molecule has 0 spiro atoms. The molecule has 0 aromatic heterocycles. The van der Waals surface area contributed by atoms with Crippen LogP contribution in [0.4, 0.5) is 18.9 Å². The smallest absolute Gasteiger partial charge is 0.352 e. The number of alkyl halides is 3. The van der Waals surface area contributed by atoms with E-state index in [0.29, 0.717) is 0 Å². The third kappa shape index (κ3) is 8.71. The molecule has 2 aromatic carbocycles. The van der Waals surface area contributed by atoms with Crippen LogP contribution in [0.5, 0.6) is 0 Å². The van der Waals surface area contributed by atoms with Crippen molar-refractivity contribution in [2.45, 2.75) is 77.2 Å². The molecule has 0 bridgehead atoms. The number of halogens is 3. The molecule has 1 saturated carbocycles. The molecule has 0 aliphatic heterocycles. The first-order valence-electron chi connectivity index (χ1n) is 13.1. The first kappa shape index (κ1) is 30.5. The van der Waals surface area contributed by atoms with Crippen LogP contribution in [0.15, 0.2) is 48.5 Å². The molecule has 7 nitrogen and oxygen atoms in total. The van der Waals surface area contributed by atoms with Gasteiger partial charge in [-0.1, -0.05) is 48.7 Å². The van der Waals surface area contributed by atoms with Crippen molar-refractivity contribution in [3.8, 4) is 0 Å². The van der Waals surface area contributed by atoms with Crippen molar-refractivity contribution in [2.75, 3.05) is 17.1 Å². The highest BCUT2D eigenvalue weighted by atomic mass is 32.2. The maximum atomic E-state index is 13.4. The average molecular weight is 568 g/mol. The van der Waals surface area contributed by atoms with Crippen molar-refractivity contribution in [3.05, 3.63) is 65.2 Å². The fourth-order valence-corrected chi connectivity index (χ4v) is 5.78. The van der Waals surface area contributed by atoms with E-state index in [-0.39, 0.29) is 49.5 Å². The SMILES string of the molecule is Cc1cccc(CN(C(=O)CCCN(c2cccc(C(F)(F)F)c2)S(C)(=O)=O)C(C)C(=O)NC2CCCC2)c1. The highest BCUT2D eigenvalue weighted by Gasteiger charge is 2.32. The number of anilines is 1. The Morgan fingerprint density at radius 2 is 1.74 bits per heavy atom. The first-order chi connectivity index (χ1) is 18.3. The van der Waals surface area contributed by atoms with E-state index in [4.69, 9.17) is 0 Å². The highest BCUT2D eigenvalue weighted by molar-refractivity contribution is 7.92. The van der Waals surface area contributed by atoms with E-state index in [1.807, 2.05) is 31.2 Å². The van der Waals surface area contributed by atoms with Gasteiger partial charge in [0.1, 0.15) is 6.04 Å². The third-order valence-electron chi connectivity index (χ3n) is 6.92. The maximum Gasteiger partial charge on any atom is 0.416 e. The molecule has 2 aromatic rings. The molecule has 1 fully saturated rings. The van der Waals surface area contributed by atoms with E-state index >= 15 is 0 Å². The minimum absolute atomic E-state index is 0.0590. The van der Waals surface area contributed by atoms with E-state index < -0.39 is 27.8 Å². The lowest BCUT2D eigenvalue weighted by Crippen LogP contribution is -2.49. The van der Waals surface area contributed by atoms with Crippen LogP contribution in [-0.4, -0.2) is 50.0 Å². The van der Waals surface area contributed by atoms with Gasteiger partial charge in [0.25, 0.3) is 0 Å². The van der Waals surface area contributed by atoms with Crippen LogP contribution in [0.25, 0.3) is 0 Å². The molecule has 11 heteroatoms. The predicted molar refractivity (Wildman–Crippen MR) is 144 cm³/mol. The molecular formula is C28H36F3N3O4S. The predicted octanol–water partition coefficient (Wildman–Crippen LogP) is 5.04. The van der Waals surface area contributed by atoms with Crippen LogP contribution < -0.4 is 9.62 Å². The average Bonchev–Trinajstić information content (AvgIpc) is 3.36. The van der Waals surface area contributed by atoms with E-state index in [1.165, 1.54) is 11.0 Å². The van der Waals surface area contributed by atoms with E-state index in [0.717, 1.165) is 65.6 Å². The van der Waals surface area contributed by atoms with Crippen LogP contribution in [0.3, 0.4) is 0 Å². The fraction of sp³-hybridized carbons (Fsp3) is 0.500. The monoisotopic (exact) mass is 567 g/mol. The van der Waals surface area contributed by atoms with Gasteiger partial charge in [-0.05, 0) is 56.9 Å². The summed E-state index contributed by atoms with van der Waals surface area (Å²) < 4.78 is 65.3. The molecule has 1 atom stereocenters. The van der Waals surface area contributed by atoms with E-state index in [1.54, 1.807) is 6.92 Å². The zero-order valence-corrected chi connectivity index (χ0v) is 23.3. The summed E-state index contributed by atoms with van der Waals surface area (Å²) in [6.45, 7) is 3.61. The second-order valence-corrected chi connectivity index (χ2v) is 12.1. The minimum atomic E-state index is -4.62. The van der Waals surface area contributed by atoms with Crippen molar-refractivity contribution in [1.29, 1.82) is 0 Å². The van der Waals surface area contributed by atoms with Gasteiger partial charge in [0, 0.05) is 25.6 Å². The quantitative estimate of drug-likeness (QED) is 0.413. The Balaban J connectivity index is 1.74. The largest absolute Gasteiger partial charge is 0.416 e. The summed E-state index contributed by atoms with van der Waals surface area (Å²) in [7, 11) is -3.92. The van der Waals surface area contributed by atoms with Gasteiger partial charge in [0.2, 0.25) is 21.8 Å². The number of carbonyl (C=O) groups excluding carboxylic acids is 2. The minimum Gasteiger partial charge on any atom is -0.352 e. The topological polar surface area (TPSA) is 86.8 Å². The summed E-state index contributed by atoms with van der Waals surface area (Å²) >= 11 is 0. The lowest BCUT2D eigenvalue weighted by atomic mass is 10.1. The Hall–Kier alpha value is -3.08. The molecule has 214 valence electrons. The Bertz CT molecular complexity index is 1260. The Kier molecular flexibility index (Phi) is 10.0. The number of nitrogens with one attached hydrogen (secondary N) is 1. The number of carbonyl (C=O) groups is 2. The molecule has 1 aliphatic carbocycles. The van der Waals surface area contributed by atoms with Crippen molar-refractivity contribution >= 4 is 27.5 Å². The van der Waals surface area contributed by atoms with E-state index in [2.05, 4.69) is 5.32 Å². The summed E-state index contributed by atoms with van der Waals surface area (Å²) in [4.78, 5) is 27.9. The summed E-state index contributed by atoms with van der Waals surface area (Å²) in [6.07, 6.45) is 0.167. The van der Waals surface area contributed by atoms with Gasteiger partial charge < -0.3 is 10.2 Å². The Morgan fingerprint density at radius 1 is 1.08 bits per heavy atom. The van der Waals surface area contributed by atoms with Gasteiger partial charge in [0.15, 0.2) is 0 Å². The Labute approximate surface area is 228 Å². The third-order valence-corrected chi connectivity index (χ3v) is 8.11. The molecule has 1 unspecified atom stereocenters. The lowest BCUT2D eigenvalue weighted by Gasteiger charge is -2.30. The molecule has 1 N–H and O–H groups in total. The van der Waals surface area contributed by atoms with Gasteiger partial charge in [-0.3, -0.25) is 13.9 Å². The zero-order valence-electron chi connectivity index (χ0n) is 22.5. The van der Waals surface area contributed by atoms with Crippen molar-refractivity contribution in [2.24, 2.45) is 0 Å². The highest BCUT2D eigenvalue weighted by Crippen LogP contribution is 2.32. The molecular weight excluding hydrogens is 531 g/mol. The van der Waals surface area contributed by atoms with Crippen molar-refractivity contribution in [1.82, 2.24) is 10.2 Å². The van der Waals surface area contributed by atoms with Crippen LogP contribution >= 0.6 is 0 Å². The van der Waals surface area contributed by atoms with E-state index in [9.17, 15) is 31.2 Å².